The predicted octanol–water partition coefficient (Wildman–Crippen LogP) is 3.34. The molecule has 1 amide bonds. The van der Waals surface area contributed by atoms with Crippen molar-refractivity contribution < 1.29 is 14.4 Å². The van der Waals surface area contributed by atoms with E-state index in [0.29, 0.717) is 5.95 Å². The molecular formula is C18H23FN4O2. The zero-order valence-corrected chi connectivity index (χ0v) is 14.0. The average molecular weight is 346 g/mol. The van der Waals surface area contributed by atoms with Crippen LogP contribution in [0.1, 0.15) is 48.0 Å². The topological polar surface area (TPSA) is 87.1 Å². The van der Waals surface area contributed by atoms with Crippen LogP contribution in [0.5, 0.6) is 0 Å². The largest absolute Gasteiger partial charge is 0.354 e. The summed E-state index contributed by atoms with van der Waals surface area (Å²) in [5.74, 6) is -0.346. The first-order valence-electron chi connectivity index (χ1n) is 8.44. The van der Waals surface area contributed by atoms with Gasteiger partial charge in [-0.1, -0.05) is 31.4 Å². The lowest BCUT2D eigenvalue weighted by atomic mass is 10.1. The molecule has 0 saturated carbocycles. The first-order valence-corrected chi connectivity index (χ1v) is 8.44. The van der Waals surface area contributed by atoms with E-state index >= 15 is 0 Å². The van der Waals surface area contributed by atoms with E-state index in [1.807, 2.05) is 6.07 Å². The maximum absolute atomic E-state index is 13.1. The third-order valence-corrected chi connectivity index (χ3v) is 3.83. The normalized spacial score (nSPS) is 10.5. The Labute approximate surface area is 146 Å². The highest BCUT2D eigenvalue weighted by atomic mass is 19.1. The van der Waals surface area contributed by atoms with Crippen molar-refractivity contribution in [3.05, 3.63) is 53.6 Å². The number of unbranched alkanes of at least 4 members (excludes halogenated alkanes) is 4. The van der Waals surface area contributed by atoms with Crippen molar-refractivity contribution in [2.45, 2.75) is 38.5 Å². The summed E-state index contributed by atoms with van der Waals surface area (Å²) in [6, 6.07) is 6.78. The van der Waals surface area contributed by atoms with Crippen molar-refractivity contribution in [1.29, 1.82) is 0 Å². The van der Waals surface area contributed by atoms with Gasteiger partial charge in [-0.2, -0.15) is 0 Å². The summed E-state index contributed by atoms with van der Waals surface area (Å²) in [5, 5.41) is 11.6. The van der Waals surface area contributed by atoms with Crippen LogP contribution in [0, 0.1) is 5.82 Å². The molecule has 2 rings (SSSR count). The predicted molar refractivity (Wildman–Crippen MR) is 93.0 cm³/mol. The molecule has 3 N–H and O–H groups in total. The Kier molecular flexibility index (Phi) is 7.78. The van der Waals surface area contributed by atoms with Crippen molar-refractivity contribution >= 4 is 11.9 Å². The van der Waals surface area contributed by atoms with Crippen LogP contribution < -0.4 is 10.8 Å². The Morgan fingerprint density at radius 1 is 1.08 bits per heavy atom. The van der Waals surface area contributed by atoms with Crippen LogP contribution in [0.4, 0.5) is 10.3 Å². The van der Waals surface area contributed by atoms with E-state index in [2.05, 4.69) is 15.3 Å². The third kappa shape index (κ3) is 6.84. The summed E-state index contributed by atoms with van der Waals surface area (Å²) in [7, 11) is 0. The van der Waals surface area contributed by atoms with Gasteiger partial charge in [-0.3, -0.25) is 10.0 Å². The first kappa shape index (κ1) is 18.8. The van der Waals surface area contributed by atoms with Crippen LogP contribution in [-0.4, -0.2) is 27.6 Å². The second kappa shape index (κ2) is 10.4. The van der Waals surface area contributed by atoms with Crippen LogP contribution in [0.15, 0.2) is 36.7 Å². The molecule has 134 valence electrons. The molecule has 0 atom stereocenters. The van der Waals surface area contributed by atoms with Crippen molar-refractivity contribution in [1.82, 2.24) is 15.4 Å². The molecule has 0 radical (unpaired) electrons. The molecule has 0 bridgehead atoms. The fourth-order valence-electron chi connectivity index (χ4n) is 2.48. The number of hydroxylamine groups is 1. The van der Waals surface area contributed by atoms with E-state index in [9.17, 15) is 9.18 Å². The molecule has 1 aromatic carbocycles. The smallest absolute Gasteiger partial charge is 0.277 e. The Morgan fingerprint density at radius 2 is 1.80 bits per heavy atom. The van der Waals surface area contributed by atoms with Gasteiger partial charge < -0.3 is 5.32 Å². The molecule has 6 nitrogen and oxygen atoms in total. The van der Waals surface area contributed by atoms with E-state index in [4.69, 9.17) is 5.21 Å². The number of carbonyl (C=O) groups is 1. The van der Waals surface area contributed by atoms with Gasteiger partial charge in [-0.25, -0.2) is 19.8 Å². The molecule has 7 heteroatoms. The van der Waals surface area contributed by atoms with Gasteiger partial charge in [0.1, 0.15) is 5.82 Å². The summed E-state index contributed by atoms with van der Waals surface area (Å²) in [5.41, 5.74) is 2.79. The van der Waals surface area contributed by atoms with Crippen LogP contribution in [0.3, 0.4) is 0 Å². The van der Waals surface area contributed by atoms with E-state index in [-0.39, 0.29) is 11.4 Å². The lowest BCUT2D eigenvalue weighted by Crippen LogP contribution is -2.19. The fraction of sp³-hybridized carbons (Fsp3) is 0.389. The molecule has 0 fully saturated rings. The van der Waals surface area contributed by atoms with Crippen LogP contribution in [-0.2, 0) is 6.42 Å². The number of aryl methyl sites for hydroxylation is 1. The van der Waals surface area contributed by atoms with E-state index in [1.54, 1.807) is 12.1 Å². The van der Waals surface area contributed by atoms with Gasteiger partial charge >= 0.3 is 0 Å². The monoisotopic (exact) mass is 346 g/mol. The van der Waals surface area contributed by atoms with Crippen molar-refractivity contribution in [3.63, 3.8) is 0 Å². The number of benzene rings is 1. The van der Waals surface area contributed by atoms with Crippen LogP contribution >= 0.6 is 0 Å². The summed E-state index contributed by atoms with van der Waals surface area (Å²) in [6.07, 6.45) is 9.04. The molecule has 1 aromatic heterocycles. The zero-order valence-electron chi connectivity index (χ0n) is 14.0. The Morgan fingerprint density at radius 3 is 2.52 bits per heavy atom. The van der Waals surface area contributed by atoms with Gasteiger partial charge in [-0.05, 0) is 37.0 Å². The highest BCUT2D eigenvalue weighted by Crippen LogP contribution is 2.10. The maximum atomic E-state index is 13.1. The Bertz CT molecular complexity index is 664. The van der Waals surface area contributed by atoms with Gasteiger partial charge in [0.05, 0.1) is 5.56 Å². The molecule has 0 unspecified atom stereocenters. The minimum Gasteiger partial charge on any atom is -0.354 e. The molecule has 1 heterocycles. The second-order valence-electron chi connectivity index (χ2n) is 5.81. The van der Waals surface area contributed by atoms with Gasteiger partial charge in [0.2, 0.25) is 5.95 Å². The molecule has 0 saturated heterocycles. The van der Waals surface area contributed by atoms with Gasteiger partial charge in [0.25, 0.3) is 5.91 Å². The van der Waals surface area contributed by atoms with E-state index < -0.39 is 5.91 Å². The number of nitrogens with one attached hydrogen (secondary N) is 2. The van der Waals surface area contributed by atoms with Crippen LogP contribution in [0.25, 0.3) is 0 Å². The number of aromatic nitrogens is 2. The highest BCUT2D eigenvalue weighted by Gasteiger charge is 2.05. The van der Waals surface area contributed by atoms with Crippen molar-refractivity contribution in [2.75, 3.05) is 11.9 Å². The maximum Gasteiger partial charge on any atom is 0.277 e. The third-order valence-electron chi connectivity index (χ3n) is 3.83. The number of amides is 1. The number of carbonyl (C=O) groups excluding carboxylic acids is 1. The summed E-state index contributed by atoms with van der Waals surface area (Å²) >= 11 is 0. The Hall–Kier alpha value is -2.54. The molecule has 0 spiro atoms. The first-order chi connectivity index (χ1) is 12.2. The minimum atomic E-state index is -0.634. The molecular weight excluding hydrogens is 323 g/mol. The number of halogens is 1. The second-order valence-corrected chi connectivity index (χ2v) is 5.81. The number of rotatable bonds is 10. The van der Waals surface area contributed by atoms with Gasteiger partial charge in [-0.15, -0.1) is 0 Å². The molecule has 25 heavy (non-hydrogen) atoms. The van der Waals surface area contributed by atoms with Crippen molar-refractivity contribution in [3.8, 4) is 0 Å². The SMILES string of the molecule is O=C(NO)c1cnc(NCCCCCCCc2cccc(F)c2)nc1. The summed E-state index contributed by atoms with van der Waals surface area (Å²) in [6.45, 7) is 0.759. The molecule has 0 aliphatic heterocycles. The fourth-order valence-corrected chi connectivity index (χ4v) is 2.48. The number of hydrogen-bond acceptors (Lipinski definition) is 5. The van der Waals surface area contributed by atoms with E-state index in [0.717, 1.165) is 50.6 Å². The lowest BCUT2D eigenvalue weighted by Gasteiger charge is -2.05. The van der Waals surface area contributed by atoms with Gasteiger partial charge in [0.15, 0.2) is 0 Å². The average Bonchev–Trinajstić information content (AvgIpc) is 2.64. The highest BCUT2D eigenvalue weighted by molar-refractivity contribution is 5.92. The number of anilines is 1. The van der Waals surface area contributed by atoms with Crippen LogP contribution in [0.2, 0.25) is 0 Å². The summed E-state index contributed by atoms with van der Waals surface area (Å²) in [4.78, 5) is 19.2. The van der Waals surface area contributed by atoms with Gasteiger partial charge in [0, 0.05) is 18.9 Å². The quantitative estimate of drug-likeness (QED) is 0.349. The van der Waals surface area contributed by atoms with Crippen molar-refractivity contribution in [2.24, 2.45) is 0 Å². The molecule has 2 aromatic rings. The Balaban J connectivity index is 1.52. The molecule has 0 aliphatic rings. The minimum absolute atomic E-state index is 0.171. The number of nitrogens with zero attached hydrogens (tertiary/aromatic N) is 2. The van der Waals surface area contributed by atoms with E-state index in [1.165, 1.54) is 23.9 Å². The number of hydrogen-bond donors (Lipinski definition) is 3. The summed E-state index contributed by atoms with van der Waals surface area (Å²) < 4.78 is 13.1. The lowest BCUT2D eigenvalue weighted by molar-refractivity contribution is 0.0705. The standard InChI is InChI=1S/C18H23FN4O2/c19-16-9-6-8-14(11-16)7-4-2-1-3-5-10-20-18-21-12-15(13-22-18)17(24)23-25/h6,8-9,11-13,25H,1-5,7,10H2,(H,23,24)(H,20,21,22). The zero-order chi connectivity index (χ0) is 17.9. The molecule has 0 aliphatic carbocycles.